The van der Waals surface area contributed by atoms with Crippen LogP contribution in [0.15, 0.2) is 53.5 Å². The maximum Gasteiger partial charge on any atom is 0.284 e. The van der Waals surface area contributed by atoms with Crippen molar-refractivity contribution in [1.82, 2.24) is 20.1 Å². The predicted molar refractivity (Wildman–Crippen MR) is 104 cm³/mol. The number of halogens is 1. The SMILES string of the molecule is COc1ccc(-c2cc(C(=O)N[C@@H](C)CO)c(=O)n(-c3cccc(F)c3)n2)cn1. The molecule has 0 spiro atoms. The van der Waals surface area contributed by atoms with Gasteiger partial charge in [0.2, 0.25) is 5.88 Å². The van der Waals surface area contributed by atoms with E-state index < -0.39 is 23.3 Å². The summed E-state index contributed by atoms with van der Waals surface area (Å²) >= 11 is 0. The average Bonchev–Trinajstić information content (AvgIpc) is 2.73. The van der Waals surface area contributed by atoms with Gasteiger partial charge in [-0.25, -0.2) is 9.37 Å². The number of ether oxygens (including phenoxy) is 1. The molecule has 3 aromatic rings. The van der Waals surface area contributed by atoms with Crippen LogP contribution in [0.3, 0.4) is 0 Å². The van der Waals surface area contributed by atoms with Gasteiger partial charge in [-0.1, -0.05) is 6.07 Å². The number of hydrogen-bond acceptors (Lipinski definition) is 6. The number of rotatable bonds is 6. The van der Waals surface area contributed by atoms with Crippen molar-refractivity contribution in [2.75, 3.05) is 13.7 Å². The van der Waals surface area contributed by atoms with Gasteiger partial charge >= 0.3 is 0 Å². The second kappa shape index (κ2) is 8.61. The van der Waals surface area contributed by atoms with Gasteiger partial charge in [0.25, 0.3) is 11.5 Å². The van der Waals surface area contributed by atoms with E-state index in [1.807, 2.05) is 0 Å². The molecule has 0 saturated carbocycles. The van der Waals surface area contributed by atoms with Crippen molar-refractivity contribution in [1.29, 1.82) is 0 Å². The van der Waals surface area contributed by atoms with Gasteiger partial charge in [-0.3, -0.25) is 9.59 Å². The quantitative estimate of drug-likeness (QED) is 0.653. The van der Waals surface area contributed by atoms with Crippen LogP contribution in [0.25, 0.3) is 16.9 Å². The van der Waals surface area contributed by atoms with Crippen molar-refractivity contribution >= 4 is 5.91 Å². The number of nitrogens with zero attached hydrogens (tertiary/aromatic N) is 3. The van der Waals surface area contributed by atoms with Crippen LogP contribution in [0.4, 0.5) is 4.39 Å². The molecule has 1 atom stereocenters. The highest BCUT2D eigenvalue weighted by Crippen LogP contribution is 2.19. The largest absolute Gasteiger partial charge is 0.481 e. The molecule has 0 radical (unpaired) electrons. The Bertz CT molecular complexity index is 1080. The van der Waals surface area contributed by atoms with Gasteiger partial charge in [-0.2, -0.15) is 9.78 Å². The molecule has 1 amide bonds. The first kappa shape index (κ1) is 20.2. The molecule has 0 aliphatic rings. The molecule has 2 N–H and O–H groups in total. The molecule has 0 aliphatic carbocycles. The van der Waals surface area contributed by atoms with Crippen LogP contribution in [-0.4, -0.2) is 45.5 Å². The van der Waals surface area contributed by atoms with E-state index >= 15 is 0 Å². The van der Waals surface area contributed by atoms with Crippen molar-refractivity contribution in [2.45, 2.75) is 13.0 Å². The zero-order valence-electron chi connectivity index (χ0n) is 15.8. The highest BCUT2D eigenvalue weighted by Gasteiger charge is 2.19. The van der Waals surface area contributed by atoms with Gasteiger partial charge in [0.1, 0.15) is 11.4 Å². The number of carbonyl (C=O) groups is 1. The minimum absolute atomic E-state index is 0.169. The summed E-state index contributed by atoms with van der Waals surface area (Å²) in [5.41, 5.74) is 0.0624. The number of carbonyl (C=O) groups excluding carboxylic acids is 1. The third kappa shape index (κ3) is 4.46. The van der Waals surface area contributed by atoms with E-state index in [4.69, 9.17) is 4.74 Å². The Morgan fingerprint density at radius 3 is 2.72 bits per heavy atom. The van der Waals surface area contributed by atoms with Crippen LogP contribution in [0, 0.1) is 5.82 Å². The minimum atomic E-state index is -0.719. The van der Waals surface area contributed by atoms with E-state index in [0.29, 0.717) is 11.4 Å². The third-order valence-corrected chi connectivity index (χ3v) is 4.10. The summed E-state index contributed by atoms with van der Waals surface area (Å²) < 4.78 is 19.7. The summed E-state index contributed by atoms with van der Waals surface area (Å²) in [5.74, 6) is -0.832. The van der Waals surface area contributed by atoms with Crippen molar-refractivity contribution < 1.29 is 19.0 Å². The lowest BCUT2D eigenvalue weighted by Crippen LogP contribution is -2.39. The normalized spacial score (nSPS) is 11.7. The lowest BCUT2D eigenvalue weighted by molar-refractivity contribution is 0.0920. The first-order chi connectivity index (χ1) is 13.9. The molecule has 29 heavy (non-hydrogen) atoms. The maximum atomic E-state index is 13.7. The van der Waals surface area contributed by atoms with E-state index in [0.717, 1.165) is 10.7 Å². The molecular formula is C20H19FN4O4. The fraction of sp³-hybridized carbons (Fsp3) is 0.200. The lowest BCUT2D eigenvalue weighted by atomic mass is 10.1. The zero-order chi connectivity index (χ0) is 21.0. The molecule has 0 fully saturated rings. The van der Waals surface area contributed by atoms with Gasteiger partial charge in [0.15, 0.2) is 0 Å². The first-order valence-corrected chi connectivity index (χ1v) is 8.75. The number of amides is 1. The van der Waals surface area contributed by atoms with E-state index in [-0.39, 0.29) is 23.6 Å². The summed E-state index contributed by atoms with van der Waals surface area (Å²) in [5, 5.41) is 16.0. The Kier molecular flexibility index (Phi) is 5.99. The molecule has 0 aliphatic heterocycles. The fourth-order valence-corrected chi connectivity index (χ4v) is 2.58. The van der Waals surface area contributed by atoms with Gasteiger partial charge in [0, 0.05) is 23.9 Å². The molecule has 8 nitrogen and oxygen atoms in total. The summed E-state index contributed by atoms with van der Waals surface area (Å²) in [7, 11) is 1.48. The second-order valence-corrected chi connectivity index (χ2v) is 6.29. The van der Waals surface area contributed by atoms with E-state index in [9.17, 15) is 19.1 Å². The monoisotopic (exact) mass is 398 g/mol. The second-order valence-electron chi connectivity index (χ2n) is 6.29. The highest BCUT2D eigenvalue weighted by molar-refractivity contribution is 5.95. The van der Waals surface area contributed by atoms with Crippen LogP contribution in [0.1, 0.15) is 17.3 Å². The van der Waals surface area contributed by atoms with Crippen LogP contribution in [0.2, 0.25) is 0 Å². The van der Waals surface area contributed by atoms with E-state index in [1.165, 1.54) is 37.6 Å². The molecule has 9 heteroatoms. The molecule has 0 unspecified atom stereocenters. The standard InChI is InChI=1S/C20H19FN4O4/c1-12(11-26)23-19(27)16-9-17(13-6-7-18(29-2)22-10-13)24-25(20(16)28)15-5-3-4-14(21)8-15/h3-10,12,26H,11H2,1-2H3,(H,23,27)/t12-/m0/s1. The van der Waals surface area contributed by atoms with Gasteiger partial charge in [-0.15, -0.1) is 0 Å². The number of hydrogen-bond donors (Lipinski definition) is 2. The summed E-state index contributed by atoms with van der Waals surface area (Å²) in [6.45, 7) is 1.31. The summed E-state index contributed by atoms with van der Waals surface area (Å²) in [4.78, 5) is 29.6. The highest BCUT2D eigenvalue weighted by atomic mass is 19.1. The molecular weight excluding hydrogens is 379 g/mol. The molecule has 3 rings (SSSR count). The van der Waals surface area contributed by atoms with Gasteiger partial charge in [-0.05, 0) is 37.3 Å². The number of benzene rings is 1. The van der Waals surface area contributed by atoms with Crippen LogP contribution >= 0.6 is 0 Å². The van der Waals surface area contributed by atoms with Crippen molar-refractivity contribution in [3.8, 4) is 22.8 Å². The van der Waals surface area contributed by atoms with Gasteiger partial charge < -0.3 is 15.2 Å². The van der Waals surface area contributed by atoms with E-state index in [1.54, 1.807) is 19.1 Å². The maximum absolute atomic E-state index is 13.7. The van der Waals surface area contributed by atoms with Crippen LogP contribution < -0.4 is 15.6 Å². The third-order valence-electron chi connectivity index (χ3n) is 4.10. The van der Waals surface area contributed by atoms with Crippen LogP contribution in [-0.2, 0) is 0 Å². The fourth-order valence-electron chi connectivity index (χ4n) is 2.58. The number of nitrogens with one attached hydrogen (secondary N) is 1. The summed E-state index contributed by atoms with van der Waals surface area (Å²) in [6, 6.07) is 9.39. The molecule has 2 aromatic heterocycles. The number of methoxy groups -OCH3 is 1. The molecule has 1 aromatic carbocycles. The Morgan fingerprint density at radius 2 is 2.10 bits per heavy atom. The van der Waals surface area contributed by atoms with E-state index in [2.05, 4.69) is 15.4 Å². The van der Waals surface area contributed by atoms with Crippen LogP contribution in [0.5, 0.6) is 5.88 Å². The number of aromatic nitrogens is 3. The molecule has 150 valence electrons. The first-order valence-electron chi connectivity index (χ1n) is 8.75. The molecule has 0 bridgehead atoms. The van der Waals surface area contributed by atoms with Crippen molar-refractivity contribution in [2.24, 2.45) is 0 Å². The topological polar surface area (TPSA) is 106 Å². The molecule has 0 saturated heterocycles. The average molecular weight is 398 g/mol. The smallest absolute Gasteiger partial charge is 0.284 e. The number of pyridine rings is 1. The summed E-state index contributed by atoms with van der Waals surface area (Å²) in [6.07, 6.45) is 1.49. The Labute approximate surface area is 165 Å². The Hall–Kier alpha value is -3.59. The predicted octanol–water partition coefficient (Wildman–Crippen LogP) is 1.55. The molecule has 2 heterocycles. The number of aliphatic hydroxyl groups is 1. The Morgan fingerprint density at radius 1 is 1.31 bits per heavy atom. The minimum Gasteiger partial charge on any atom is -0.481 e. The number of aliphatic hydroxyl groups excluding tert-OH is 1. The lowest BCUT2D eigenvalue weighted by Gasteiger charge is -2.13. The van der Waals surface area contributed by atoms with Crippen molar-refractivity contribution in [3.05, 3.63) is 70.4 Å². The van der Waals surface area contributed by atoms with Crippen molar-refractivity contribution in [3.63, 3.8) is 0 Å². The van der Waals surface area contributed by atoms with Gasteiger partial charge in [0.05, 0.1) is 25.1 Å². The Balaban J connectivity index is 2.18. The zero-order valence-corrected chi connectivity index (χ0v) is 15.8.